The maximum atomic E-state index is 11.8. The normalized spacial score (nSPS) is 38.2. The molecule has 4 atom stereocenters. The molecule has 102 valence electrons. The second kappa shape index (κ2) is 4.76. The van der Waals surface area contributed by atoms with Crippen molar-refractivity contribution in [1.29, 1.82) is 0 Å². The number of carboxylic acid groups (broad SMARTS) is 1. The van der Waals surface area contributed by atoms with Gasteiger partial charge in [-0.3, -0.25) is 4.79 Å². The number of ether oxygens (including phenoxy) is 1. The highest BCUT2D eigenvalue weighted by atomic mass is 16.5. The van der Waals surface area contributed by atoms with Crippen molar-refractivity contribution in [2.75, 3.05) is 13.2 Å². The second-order valence-corrected chi connectivity index (χ2v) is 5.42. The average molecular weight is 256 g/mol. The summed E-state index contributed by atoms with van der Waals surface area (Å²) in [5.41, 5.74) is -1.04. The van der Waals surface area contributed by atoms with Gasteiger partial charge >= 0.3 is 12.0 Å². The molecular weight excluding hydrogens is 236 g/mol. The number of carbonyl (C=O) groups excluding carboxylic acids is 1. The molecule has 0 bridgehead atoms. The van der Waals surface area contributed by atoms with Gasteiger partial charge in [0.1, 0.15) is 5.41 Å². The summed E-state index contributed by atoms with van der Waals surface area (Å²) in [6.45, 7) is 4.07. The van der Waals surface area contributed by atoms with E-state index in [-0.39, 0.29) is 25.3 Å². The van der Waals surface area contributed by atoms with Crippen LogP contribution in [0.2, 0.25) is 0 Å². The summed E-state index contributed by atoms with van der Waals surface area (Å²) in [6.07, 6.45) is 2.08. The van der Waals surface area contributed by atoms with E-state index in [2.05, 4.69) is 17.6 Å². The topological polar surface area (TPSA) is 87.7 Å². The Morgan fingerprint density at radius 1 is 1.44 bits per heavy atom. The van der Waals surface area contributed by atoms with E-state index in [1.54, 1.807) is 6.92 Å². The predicted molar refractivity (Wildman–Crippen MR) is 64.2 cm³/mol. The third kappa shape index (κ3) is 2.43. The minimum absolute atomic E-state index is 0.133. The van der Waals surface area contributed by atoms with Gasteiger partial charge in [-0.05, 0) is 19.3 Å². The number of rotatable bonds is 4. The van der Waals surface area contributed by atoms with Crippen LogP contribution in [0.15, 0.2) is 0 Å². The largest absolute Gasteiger partial charge is 0.481 e. The van der Waals surface area contributed by atoms with Crippen LogP contribution in [0.3, 0.4) is 0 Å². The van der Waals surface area contributed by atoms with Crippen molar-refractivity contribution in [1.82, 2.24) is 10.6 Å². The molecule has 0 aromatic carbocycles. The zero-order valence-electron chi connectivity index (χ0n) is 10.7. The fourth-order valence-electron chi connectivity index (χ4n) is 2.33. The molecule has 1 saturated carbocycles. The molecule has 1 aliphatic carbocycles. The zero-order chi connectivity index (χ0) is 13.3. The lowest BCUT2D eigenvalue weighted by Crippen LogP contribution is -2.52. The number of amides is 2. The molecule has 0 radical (unpaired) electrons. The quantitative estimate of drug-likeness (QED) is 0.686. The average Bonchev–Trinajstić information content (AvgIpc) is 2.95. The van der Waals surface area contributed by atoms with Crippen LogP contribution in [0.1, 0.15) is 26.7 Å². The van der Waals surface area contributed by atoms with Gasteiger partial charge in [-0.25, -0.2) is 4.79 Å². The minimum Gasteiger partial charge on any atom is -0.481 e. The third-order valence-electron chi connectivity index (χ3n) is 4.01. The number of hydrogen-bond donors (Lipinski definition) is 3. The fraction of sp³-hybridized carbons (Fsp3) is 0.833. The molecule has 4 unspecified atom stereocenters. The Hall–Kier alpha value is -1.30. The molecule has 1 saturated heterocycles. The lowest BCUT2D eigenvalue weighted by Gasteiger charge is -2.25. The van der Waals surface area contributed by atoms with Crippen LogP contribution in [0.4, 0.5) is 4.79 Å². The van der Waals surface area contributed by atoms with E-state index in [0.717, 1.165) is 12.8 Å². The van der Waals surface area contributed by atoms with E-state index >= 15 is 0 Å². The summed E-state index contributed by atoms with van der Waals surface area (Å²) in [4.78, 5) is 22.9. The molecule has 0 aromatic rings. The van der Waals surface area contributed by atoms with Gasteiger partial charge in [0.25, 0.3) is 0 Å². The van der Waals surface area contributed by atoms with Gasteiger partial charge in [-0.2, -0.15) is 0 Å². The van der Waals surface area contributed by atoms with Gasteiger partial charge in [-0.1, -0.05) is 13.3 Å². The van der Waals surface area contributed by atoms with Gasteiger partial charge in [-0.15, -0.1) is 0 Å². The molecule has 2 aliphatic rings. The monoisotopic (exact) mass is 256 g/mol. The van der Waals surface area contributed by atoms with E-state index < -0.39 is 17.4 Å². The number of hydrogen-bond acceptors (Lipinski definition) is 3. The molecule has 18 heavy (non-hydrogen) atoms. The summed E-state index contributed by atoms with van der Waals surface area (Å²) in [5, 5.41) is 14.7. The second-order valence-electron chi connectivity index (χ2n) is 5.42. The van der Waals surface area contributed by atoms with Gasteiger partial charge < -0.3 is 20.5 Å². The number of urea groups is 1. The summed E-state index contributed by atoms with van der Waals surface area (Å²) >= 11 is 0. The first-order valence-corrected chi connectivity index (χ1v) is 6.35. The van der Waals surface area contributed by atoms with Crippen molar-refractivity contribution in [3.05, 3.63) is 0 Å². The fourth-order valence-corrected chi connectivity index (χ4v) is 2.33. The Kier molecular flexibility index (Phi) is 3.47. The van der Waals surface area contributed by atoms with Crippen LogP contribution in [0.25, 0.3) is 0 Å². The maximum Gasteiger partial charge on any atom is 0.315 e. The van der Waals surface area contributed by atoms with Crippen molar-refractivity contribution >= 4 is 12.0 Å². The minimum atomic E-state index is -1.04. The lowest BCUT2D eigenvalue weighted by atomic mass is 9.85. The molecule has 6 heteroatoms. The summed E-state index contributed by atoms with van der Waals surface area (Å²) in [6, 6.07) is -0.527. The predicted octanol–water partition coefficient (Wildman–Crippen LogP) is 0.574. The molecule has 2 amide bonds. The summed E-state index contributed by atoms with van der Waals surface area (Å²) < 4.78 is 5.17. The van der Waals surface area contributed by atoms with Gasteiger partial charge in [0.2, 0.25) is 0 Å². The SMILES string of the molecule is CCC1CC1NC(=O)NC1COCC1(C)C(=O)O. The summed E-state index contributed by atoms with van der Waals surface area (Å²) in [7, 11) is 0. The van der Waals surface area contributed by atoms with Gasteiger partial charge in [0.15, 0.2) is 0 Å². The zero-order valence-corrected chi connectivity index (χ0v) is 10.7. The van der Waals surface area contributed by atoms with E-state index in [1.165, 1.54) is 0 Å². The first-order valence-electron chi connectivity index (χ1n) is 6.35. The summed E-state index contributed by atoms with van der Waals surface area (Å²) in [5.74, 6) is -0.371. The van der Waals surface area contributed by atoms with E-state index in [4.69, 9.17) is 4.74 Å². The first kappa shape index (κ1) is 13.1. The smallest absolute Gasteiger partial charge is 0.315 e. The molecule has 6 nitrogen and oxygen atoms in total. The highest BCUT2D eigenvalue weighted by molar-refractivity contribution is 5.79. The van der Waals surface area contributed by atoms with Crippen LogP contribution in [0.5, 0.6) is 0 Å². The molecular formula is C12H20N2O4. The van der Waals surface area contributed by atoms with Gasteiger partial charge in [0, 0.05) is 6.04 Å². The third-order valence-corrected chi connectivity index (χ3v) is 4.01. The van der Waals surface area contributed by atoms with Gasteiger partial charge in [0.05, 0.1) is 19.3 Å². The van der Waals surface area contributed by atoms with Crippen LogP contribution >= 0.6 is 0 Å². The molecule has 1 aliphatic heterocycles. The van der Waals surface area contributed by atoms with Crippen LogP contribution in [-0.2, 0) is 9.53 Å². The molecule has 2 fully saturated rings. The highest BCUT2D eigenvalue weighted by Gasteiger charge is 2.47. The molecule has 2 rings (SSSR count). The van der Waals surface area contributed by atoms with Crippen molar-refractivity contribution in [2.24, 2.45) is 11.3 Å². The molecule has 0 aromatic heterocycles. The van der Waals surface area contributed by atoms with E-state index in [0.29, 0.717) is 5.92 Å². The van der Waals surface area contributed by atoms with Crippen molar-refractivity contribution in [3.63, 3.8) is 0 Å². The number of nitrogens with one attached hydrogen (secondary N) is 2. The number of carbonyl (C=O) groups is 2. The standard InChI is InChI=1S/C12H20N2O4/c1-3-7-4-8(7)13-11(17)14-9-5-18-6-12(9,2)10(15)16/h7-9H,3-6H2,1-2H3,(H,15,16)(H2,13,14,17). The molecule has 3 N–H and O–H groups in total. The van der Waals surface area contributed by atoms with Crippen LogP contribution in [-0.4, -0.2) is 42.4 Å². The Morgan fingerprint density at radius 3 is 2.72 bits per heavy atom. The first-order chi connectivity index (χ1) is 8.47. The Labute approximate surface area is 106 Å². The maximum absolute atomic E-state index is 11.8. The van der Waals surface area contributed by atoms with E-state index in [1.807, 2.05) is 0 Å². The highest BCUT2D eigenvalue weighted by Crippen LogP contribution is 2.33. The molecule has 0 spiro atoms. The van der Waals surface area contributed by atoms with Crippen LogP contribution in [0, 0.1) is 11.3 Å². The Morgan fingerprint density at radius 2 is 2.17 bits per heavy atom. The number of aliphatic carboxylic acids is 1. The van der Waals surface area contributed by atoms with Crippen molar-refractivity contribution < 1.29 is 19.4 Å². The number of carboxylic acids is 1. The molecule has 1 heterocycles. The van der Waals surface area contributed by atoms with Crippen molar-refractivity contribution in [3.8, 4) is 0 Å². The lowest BCUT2D eigenvalue weighted by molar-refractivity contribution is -0.148. The Bertz CT molecular complexity index is 360. The van der Waals surface area contributed by atoms with Crippen molar-refractivity contribution in [2.45, 2.75) is 38.8 Å². The van der Waals surface area contributed by atoms with Crippen LogP contribution < -0.4 is 10.6 Å². The Balaban J connectivity index is 1.85. The van der Waals surface area contributed by atoms with E-state index in [9.17, 15) is 14.7 Å².